The third-order valence-corrected chi connectivity index (χ3v) is 6.30. The zero-order valence-electron chi connectivity index (χ0n) is 19.7. The molecule has 0 aromatic heterocycles. The van der Waals surface area contributed by atoms with Crippen LogP contribution in [0.5, 0.6) is 0 Å². The summed E-state index contributed by atoms with van der Waals surface area (Å²) < 4.78 is 0. The molecule has 0 aliphatic heterocycles. The zero-order valence-corrected chi connectivity index (χ0v) is 19.7. The fraction of sp³-hybridized carbons (Fsp3) is 0.786. The van der Waals surface area contributed by atoms with Crippen LogP contribution in [0.3, 0.4) is 0 Å². The molecule has 1 aromatic rings. The van der Waals surface area contributed by atoms with E-state index in [0.717, 1.165) is 5.69 Å². The van der Waals surface area contributed by atoms with Gasteiger partial charge in [-0.2, -0.15) is 0 Å². The predicted molar refractivity (Wildman–Crippen MR) is 133 cm³/mol. The minimum Gasteiger partial charge on any atom is -0.399 e. The van der Waals surface area contributed by atoms with Crippen molar-refractivity contribution in [2.45, 2.75) is 142 Å². The second-order valence-electron chi connectivity index (χ2n) is 9.21. The van der Waals surface area contributed by atoms with E-state index in [2.05, 4.69) is 19.1 Å². The molecule has 1 rings (SSSR count). The van der Waals surface area contributed by atoms with Gasteiger partial charge in [-0.25, -0.2) is 0 Å². The minimum absolute atomic E-state index is 0.872. The van der Waals surface area contributed by atoms with E-state index in [4.69, 9.17) is 5.73 Å². The summed E-state index contributed by atoms with van der Waals surface area (Å²) in [5.74, 6) is 0. The van der Waals surface area contributed by atoms with Crippen LogP contribution in [0, 0.1) is 0 Å². The average Bonchev–Trinajstić information content (AvgIpc) is 2.73. The van der Waals surface area contributed by atoms with Crippen LogP contribution in [0.25, 0.3) is 0 Å². The Bertz CT molecular complexity index is 436. The van der Waals surface area contributed by atoms with E-state index in [0.29, 0.717) is 0 Å². The van der Waals surface area contributed by atoms with Crippen molar-refractivity contribution in [3.63, 3.8) is 0 Å². The van der Waals surface area contributed by atoms with Crippen molar-refractivity contribution in [3.05, 3.63) is 29.8 Å². The summed E-state index contributed by atoms with van der Waals surface area (Å²) in [6.45, 7) is 2.30. The Morgan fingerprint density at radius 2 is 0.759 bits per heavy atom. The van der Waals surface area contributed by atoms with Crippen LogP contribution in [-0.4, -0.2) is 0 Å². The summed E-state index contributed by atoms with van der Waals surface area (Å²) in [6, 6.07) is 8.38. The van der Waals surface area contributed by atoms with E-state index >= 15 is 0 Å². The summed E-state index contributed by atoms with van der Waals surface area (Å²) in [6.07, 6.45) is 30.1. The molecular formula is C28H51N. The average molecular weight is 402 g/mol. The highest BCUT2D eigenvalue weighted by molar-refractivity contribution is 5.39. The van der Waals surface area contributed by atoms with E-state index in [1.54, 1.807) is 0 Å². The van der Waals surface area contributed by atoms with Crippen molar-refractivity contribution in [1.82, 2.24) is 0 Å². The first-order chi connectivity index (χ1) is 14.3. The number of benzene rings is 1. The predicted octanol–water partition coefficient (Wildman–Crippen LogP) is 9.63. The molecule has 0 atom stereocenters. The maximum atomic E-state index is 5.73. The molecule has 1 aromatic carbocycles. The molecule has 2 N–H and O–H groups in total. The van der Waals surface area contributed by atoms with Gasteiger partial charge in [0, 0.05) is 5.69 Å². The standard InChI is InChI=1S/C28H51N/c1-2-3-4-5-6-7-8-9-10-11-12-13-14-15-16-17-18-19-20-21-22-27-23-25-28(29)26-24-27/h23-26H,2-22,29H2,1H3. The van der Waals surface area contributed by atoms with Crippen LogP contribution >= 0.6 is 0 Å². The summed E-state index contributed by atoms with van der Waals surface area (Å²) in [5.41, 5.74) is 8.04. The third kappa shape index (κ3) is 17.6. The van der Waals surface area contributed by atoms with Gasteiger partial charge in [0.1, 0.15) is 0 Å². The lowest BCUT2D eigenvalue weighted by Gasteiger charge is -2.04. The summed E-state index contributed by atoms with van der Waals surface area (Å²) >= 11 is 0. The lowest BCUT2D eigenvalue weighted by molar-refractivity contribution is 0.522. The SMILES string of the molecule is CCCCCCCCCCCCCCCCCCCCCCc1ccc(N)cc1. The van der Waals surface area contributed by atoms with E-state index < -0.39 is 0 Å². The maximum absolute atomic E-state index is 5.73. The summed E-state index contributed by atoms with van der Waals surface area (Å²) in [5, 5.41) is 0. The van der Waals surface area contributed by atoms with Gasteiger partial charge >= 0.3 is 0 Å². The van der Waals surface area contributed by atoms with Crippen LogP contribution in [0.2, 0.25) is 0 Å². The smallest absolute Gasteiger partial charge is 0.0314 e. The molecule has 0 unspecified atom stereocenters. The first-order valence-corrected chi connectivity index (χ1v) is 13.2. The third-order valence-electron chi connectivity index (χ3n) is 6.30. The monoisotopic (exact) mass is 401 g/mol. The molecule has 29 heavy (non-hydrogen) atoms. The van der Waals surface area contributed by atoms with E-state index in [-0.39, 0.29) is 0 Å². The number of anilines is 1. The fourth-order valence-electron chi connectivity index (χ4n) is 4.27. The van der Waals surface area contributed by atoms with Gasteiger partial charge in [-0.15, -0.1) is 0 Å². The van der Waals surface area contributed by atoms with E-state index in [1.165, 1.54) is 140 Å². The van der Waals surface area contributed by atoms with Crippen molar-refractivity contribution in [3.8, 4) is 0 Å². The van der Waals surface area contributed by atoms with Crippen molar-refractivity contribution >= 4 is 5.69 Å². The lowest BCUT2D eigenvalue weighted by atomic mass is 10.0. The number of rotatable bonds is 21. The van der Waals surface area contributed by atoms with Gasteiger partial charge in [0.15, 0.2) is 0 Å². The van der Waals surface area contributed by atoms with Crippen LogP contribution in [0.15, 0.2) is 24.3 Å². The fourth-order valence-corrected chi connectivity index (χ4v) is 4.27. The molecule has 0 radical (unpaired) electrons. The van der Waals surface area contributed by atoms with Gasteiger partial charge in [0.05, 0.1) is 0 Å². The van der Waals surface area contributed by atoms with Gasteiger partial charge < -0.3 is 5.73 Å². The Morgan fingerprint density at radius 3 is 1.10 bits per heavy atom. The molecule has 1 heteroatoms. The Labute approximate surface area is 183 Å². The Morgan fingerprint density at radius 1 is 0.448 bits per heavy atom. The largest absolute Gasteiger partial charge is 0.399 e. The number of unbranched alkanes of at least 4 members (excludes halogenated alkanes) is 19. The molecule has 0 amide bonds. The molecule has 0 aliphatic rings. The summed E-state index contributed by atoms with van der Waals surface area (Å²) in [4.78, 5) is 0. The zero-order chi connectivity index (χ0) is 20.8. The van der Waals surface area contributed by atoms with Gasteiger partial charge in [0.25, 0.3) is 0 Å². The van der Waals surface area contributed by atoms with Crippen LogP contribution < -0.4 is 5.73 Å². The first-order valence-electron chi connectivity index (χ1n) is 13.2. The normalized spacial score (nSPS) is 11.2. The topological polar surface area (TPSA) is 26.0 Å². The maximum Gasteiger partial charge on any atom is 0.0314 e. The highest BCUT2D eigenvalue weighted by atomic mass is 14.5. The van der Waals surface area contributed by atoms with Crippen molar-refractivity contribution in [2.75, 3.05) is 5.73 Å². The highest BCUT2D eigenvalue weighted by Gasteiger charge is 1.96. The molecule has 1 nitrogen and oxygen atoms in total. The number of nitrogens with two attached hydrogens (primary N) is 1. The van der Waals surface area contributed by atoms with Gasteiger partial charge in [0.2, 0.25) is 0 Å². The second-order valence-corrected chi connectivity index (χ2v) is 9.21. The van der Waals surface area contributed by atoms with Crippen LogP contribution in [0.4, 0.5) is 5.69 Å². The quantitative estimate of drug-likeness (QED) is 0.161. The van der Waals surface area contributed by atoms with Crippen molar-refractivity contribution in [1.29, 1.82) is 0 Å². The second kappa shape index (κ2) is 20.3. The molecule has 0 saturated carbocycles. The molecular weight excluding hydrogens is 350 g/mol. The number of aryl methyl sites for hydroxylation is 1. The van der Waals surface area contributed by atoms with Gasteiger partial charge in [-0.05, 0) is 30.5 Å². The van der Waals surface area contributed by atoms with Crippen molar-refractivity contribution < 1.29 is 0 Å². The molecule has 0 saturated heterocycles. The Balaban J connectivity index is 1.69. The number of hydrogen-bond donors (Lipinski definition) is 1. The minimum atomic E-state index is 0.872. The number of nitrogen functional groups attached to an aromatic ring is 1. The molecule has 168 valence electrons. The molecule has 0 spiro atoms. The van der Waals surface area contributed by atoms with Crippen molar-refractivity contribution in [2.24, 2.45) is 0 Å². The van der Waals surface area contributed by atoms with E-state index in [1.807, 2.05) is 12.1 Å². The van der Waals surface area contributed by atoms with Gasteiger partial charge in [-0.1, -0.05) is 141 Å². The van der Waals surface area contributed by atoms with Gasteiger partial charge in [-0.3, -0.25) is 0 Å². The molecule has 0 heterocycles. The summed E-state index contributed by atoms with van der Waals surface area (Å²) in [7, 11) is 0. The molecule has 0 aliphatic carbocycles. The highest BCUT2D eigenvalue weighted by Crippen LogP contribution is 2.15. The first kappa shape index (κ1) is 26.1. The van der Waals surface area contributed by atoms with E-state index in [9.17, 15) is 0 Å². The van der Waals surface area contributed by atoms with Crippen LogP contribution in [0.1, 0.15) is 141 Å². The van der Waals surface area contributed by atoms with Crippen LogP contribution in [-0.2, 0) is 6.42 Å². The lowest BCUT2D eigenvalue weighted by Crippen LogP contribution is -1.88. The Kier molecular flexibility index (Phi) is 18.2. The Hall–Kier alpha value is -0.980. The molecule has 0 bridgehead atoms. The number of hydrogen-bond acceptors (Lipinski definition) is 1. The molecule has 0 fully saturated rings.